The number of alkyl halides is 1. The third-order valence-corrected chi connectivity index (χ3v) is 3.22. The van der Waals surface area contributed by atoms with Gasteiger partial charge in [-0.15, -0.1) is 11.6 Å². The van der Waals surface area contributed by atoms with Gasteiger partial charge < -0.3 is 4.74 Å². The van der Waals surface area contributed by atoms with Gasteiger partial charge in [0.05, 0.1) is 10.2 Å². The molecule has 0 bridgehead atoms. The number of aromatic nitrogens is 1. The van der Waals surface area contributed by atoms with Gasteiger partial charge in [-0.25, -0.2) is 0 Å². The standard InChI is InChI=1S/C10H8ClNO3S/c11-5-9(13)15-6-12-7-3-1-2-4-8(7)16-10(12)14/h1-4H,5-6H2. The summed E-state index contributed by atoms with van der Waals surface area (Å²) in [5.74, 6) is -0.750. The highest BCUT2D eigenvalue weighted by molar-refractivity contribution is 7.16. The minimum Gasteiger partial charge on any atom is -0.443 e. The number of hydrogen-bond donors (Lipinski definition) is 0. The van der Waals surface area contributed by atoms with E-state index in [4.69, 9.17) is 16.3 Å². The van der Waals surface area contributed by atoms with E-state index in [-0.39, 0.29) is 17.5 Å². The smallest absolute Gasteiger partial charge is 0.322 e. The van der Waals surface area contributed by atoms with Gasteiger partial charge in [0.2, 0.25) is 0 Å². The Morgan fingerprint density at radius 1 is 1.44 bits per heavy atom. The van der Waals surface area contributed by atoms with E-state index in [1.54, 1.807) is 0 Å². The molecule has 84 valence electrons. The molecule has 0 saturated carbocycles. The highest BCUT2D eigenvalue weighted by atomic mass is 35.5. The van der Waals surface area contributed by atoms with Gasteiger partial charge in [-0.1, -0.05) is 23.5 Å². The fourth-order valence-electron chi connectivity index (χ4n) is 1.31. The van der Waals surface area contributed by atoms with Crippen molar-refractivity contribution in [3.8, 4) is 0 Å². The number of fused-ring (bicyclic) bond motifs is 1. The van der Waals surface area contributed by atoms with E-state index < -0.39 is 5.97 Å². The molecule has 0 radical (unpaired) electrons. The molecule has 0 aliphatic heterocycles. The maximum absolute atomic E-state index is 11.6. The highest BCUT2D eigenvalue weighted by Gasteiger charge is 2.08. The van der Waals surface area contributed by atoms with Gasteiger partial charge >= 0.3 is 10.8 Å². The highest BCUT2D eigenvalue weighted by Crippen LogP contribution is 2.16. The molecule has 2 rings (SSSR count). The average Bonchev–Trinajstić information content (AvgIpc) is 2.62. The molecule has 0 spiro atoms. The summed E-state index contributed by atoms with van der Waals surface area (Å²) in [5, 5.41) is 0. The first-order chi connectivity index (χ1) is 7.72. The molecule has 0 unspecified atom stereocenters. The third kappa shape index (κ3) is 2.10. The minimum absolute atomic E-state index is 0.0889. The largest absolute Gasteiger partial charge is 0.443 e. The van der Waals surface area contributed by atoms with Crippen molar-refractivity contribution in [2.75, 3.05) is 5.88 Å². The van der Waals surface area contributed by atoms with Crippen molar-refractivity contribution in [2.45, 2.75) is 6.73 Å². The number of esters is 1. The van der Waals surface area contributed by atoms with Crippen LogP contribution < -0.4 is 4.87 Å². The lowest BCUT2D eigenvalue weighted by Gasteiger charge is -2.03. The molecule has 0 N–H and O–H groups in total. The summed E-state index contributed by atoms with van der Waals surface area (Å²) in [6, 6.07) is 7.34. The predicted octanol–water partition coefficient (Wildman–Crippen LogP) is 1.80. The van der Waals surface area contributed by atoms with Crippen molar-refractivity contribution in [3.63, 3.8) is 0 Å². The summed E-state index contributed by atoms with van der Waals surface area (Å²) in [5.41, 5.74) is 0.764. The number of hydrogen-bond acceptors (Lipinski definition) is 4. The zero-order valence-electron chi connectivity index (χ0n) is 8.18. The number of thiazole rings is 1. The molecule has 4 nitrogen and oxygen atoms in total. The van der Waals surface area contributed by atoms with Crippen LogP contribution in [0.3, 0.4) is 0 Å². The molecule has 1 aromatic heterocycles. The predicted molar refractivity (Wildman–Crippen MR) is 62.9 cm³/mol. The van der Waals surface area contributed by atoms with E-state index in [0.29, 0.717) is 0 Å². The molecule has 0 atom stereocenters. The van der Waals surface area contributed by atoms with Crippen LogP contribution in [0.1, 0.15) is 0 Å². The zero-order chi connectivity index (χ0) is 11.5. The SMILES string of the molecule is O=C(CCl)OCn1c(=O)sc2ccccc21. The maximum Gasteiger partial charge on any atom is 0.322 e. The molecule has 0 amide bonds. The van der Waals surface area contributed by atoms with Crippen molar-refractivity contribution in [1.29, 1.82) is 0 Å². The van der Waals surface area contributed by atoms with E-state index in [1.165, 1.54) is 4.57 Å². The summed E-state index contributed by atoms with van der Waals surface area (Å²) in [7, 11) is 0. The zero-order valence-corrected chi connectivity index (χ0v) is 9.75. The fourth-order valence-corrected chi connectivity index (χ4v) is 2.27. The van der Waals surface area contributed by atoms with Crippen LogP contribution in [0, 0.1) is 0 Å². The van der Waals surface area contributed by atoms with Gasteiger partial charge in [-0.05, 0) is 12.1 Å². The van der Waals surface area contributed by atoms with E-state index in [1.807, 2.05) is 24.3 Å². The minimum atomic E-state index is -0.538. The van der Waals surface area contributed by atoms with Gasteiger partial charge in [0.25, 0.3) is 0 Å². The summed E-state index contributed by atoms with van der Waals surface area (Å²) >= 11 is 6.41. The van der Waals surface area contributed by atoms with Crippen LogP contribution in [0.25, 0.3) is 10.2 Å². The van der Waals surface area contributed by atoms with Crippen molar-refractivity contribution in [1.82, 2.24) is 4.57 Å². The molecule has 2 aromatic rings. The topological polar surface area (TPSA) is 48.3 Å². The Hall–Kier alpha value is -1.33. The Morgan fingerprint density at radius 2 is 2.19 bits per heavy atom. The first-order valence-electron chi connectivity index (χ1n) is 4.52. The molecular weight excluding hydrogens is 250 g/mol. The number of rotatable bonds is 3. The number of carbonyl (C=O) groups excluding carboxylic acids is 1. The summed E-state index contributed by atoms with van der Waals surface area (Å²) in [6.07, 6.45) is 0. The van der Waals surface area contributed by atoms with Crippen molar-refractivity contribution >= 4 is 39.1 Å². The molecule has 6 heteroatoms. The lowest BCUT2D eigenvalue weighted by Crippen LogP contribution is -2.18. The van der Waals surface area contributed by atoms with Gasteiger partial charge in [0, 0.05) is 0 Å². The van der Waals surface area contributed by atoms with Crippen LogP contribution in [0.4, 0.5) is 0 Å². The first kappa shape index (κ1) is 11.2. The number of ether oxygens (including phenoxy) is 1. The number of carbonyl (C=O) groups is 1. The molecule has 0 saturated heterocycles. The van der Waals surface area contributed by atoms with Gasteiger partial charge in [-0.3, -0.25) is 14.2 Å². The monoisotopic (exact) mass is 257 g/mol. The average molecular weight is 258 g/mol. The third-order valence-electron chi connectivity index (χ3n) is 2.04. The quantitative estimate of drug-likeness (QED) is 0.622. The van der Waals surface area contributed by atoms with Crippen LogP contribution in [-0.4, -0.2) is 16.4 Å². The number of para-hydroxylation sites is 1. The van der Waals surface area contributed by atoms with Crippen LogP contribution in [0.5, 0.6) is 0 Å². The van der Waals surface area contributed by atoms with Crippen molar-refractivity contribution in [3.05, 3.63) is 33.9 Å². The number of benzene rings is 1. The summed E-state index contributed by atoms with van der Waals surface area (Å²) in [6.45, 7) is -0.0889. The van der Waals surface area contributed by atoms with Crippen LogP contribution in [-0.2, 0) is 16.3 Å². The number of nitrogens with zero attached hydrogens (tertiary/aromatic N) is 1. The summed E-state index contributed by atoms with van der Waals surface area (Å²) < 4.78 is 7.10. The van der Waals surface area contributed by atoms with Gasteiger partial charge in [0.15, 0.2) is 6.73 Å². The molecule has 0 fully saturated rings. The Balaban J connectivity index is 2.33. The Labute approximate surface area is 100 Å². The van der Waals surface area contributed by atoms with Crippen LogP contribution in [0.15, 0.2) is 29.1 Å². The second-order valence-electron chi connectivity index (χ2n) is 3.04. The van der Waals surface area contributed by atoms with E-state index in [2.05, 4.69) is 0 Å². The van der Waals surface area contributed by atoms with Crippen molar-refractivity contribution < 1.29 is 9.53 Å². The normalized spacial score (nSPS) is 10.6. The Bertz CT molecular complexity index is 575. The molecule has 1 aromatic carbocycles. The number of halogens is 1. The van der Waals surface area contributed by atoms with E-state index in [0.717, 1.165) is 21.6 Å². The molecular formula is C10H8ClNO3S. The summed E-state index contributed by atoms with van der Waals surface area (Å²) in [4.78, 5) is 22.3. The lowest BCUT2D eigenvalue weighted by molar-refractivity contribution is -0.144. The second kappa shape index (κ2) is 4.67. The lowest BCUT2D eigenvalue weighted by atomic mass is 10.3. The molecule has 0 aliphatic rings. The van der Waals surface area contributed by atoms with Gasteiger partial charge in [0.1, 0.15) is 5.88 Å². The second-order valence-corrected chi connectivity index (χ2v) is 4.30. The van der Waals surface area contributed by atoms with Crippen molar-refractivity contribution in [2.24, 2.45) is 0 Å². The van der Waals surface area contributed by atoms with Gasteiger partial charge in [-0.2, -0.15) is 0 Å². The molecule has 1 heterocycles. The Kier molecular flexibility index (Phi) is 3.26. The van der Waals surface area contributed by atoms with Crippen LogP contribution >= 0.6 is 22.9 Å². The molecule has 16 heavy (non-hydrogen) atoms. The Morgan fingerprint density at radius 3 is 2.94 bits per heavy atom. The molecule has 0 aliphatic carbocycles. The maximum atomic E-state index is 11.6. The first-order valence-corrected chi connectivity index (χ1v) is 5.87. The van der Waals surface area contributed by atoms with E-state index in [9.17, 15) is 9.59 Å². The van der Waals surface area contributed by atoms with E-state index >= 15 is 0 Å². The van der Waals surface area contributed by atoms with Crippen LogP contribution in [0.2, 0.25) is 0 Å². The fraction of sp³-hybridized carbons (Fsp3) is 0.200.